The number of fused-ring (bicyclic) bond motifs is 1. The van der Waals surface area contributed by atoms with Gasteiger partial charge in [-0.2, -0.15) is 0 Å². The van der Waals surface area contributed by atoms with E-state index in [9.17, 15) is 0 Å². The third-order valence-corrected chi connectivity index (χ3v) is 4.52. The van der Waals surface area contributed by atoms with Gasteiger partial charge in [0.25, 0.3) is 0 Å². The van der Waals surface area contributed by atoms with E-state index in [1.54, 1.807) is 0 Å². The van der Waals surface area contributed by atoms with Crippen LogP contribution in [0, 0.1) is 13.8 Å². The zero-order chi connectivity index (χ0) is 14.3. The minimum atomic E-state index is 0.343. The van der Waals surface area contributed by atoms with Gasteiger partial charge in [-0.1, -0.05) is 12.1 Å². The van der Waals surface area contributed by atoms with Crippen LogP contribution < -0.4 is 0 Å². The number of alkyl halides is 1. The highest BCUT2D eigenvalue weighted by Gasteiger charge is 2.15. The number of nitrogens with zero attached hydrogens (tertiary/aromatic N) is 3. The summed E-state index contributed by atoms with van der Waals surface area (Å²) in [6.07, 6.45) is 0. The summed E-state index contributed by atoms with van der Waals surface area (Å²) in [5.74, 6) is 1.14. The van der Waals surface area contributed by atoms with Gasteiger partial charge in [-0.25, -0.2) is 9.97 Å². The Morgan fingerprint density at radius 2 is 1.95 bits per heavy atom. The molecule has 0 N–H and O–H groups in total. The smallest absolute Gasteiger partial charge is 0.164 e. The molecule has 2 heterocycles. The van der Waals surface area contributed by atoms with Crippen LogP contribution in [0.4, 0.5) is 0 Å². The minimum absolute atomic E-state index is 0.343. The molecule has 0 aliphatic carbocycles. The summed E-state index contributed by atoms with van der Waals surface area (Å²) >= 11 is 9.71. The molecule has 0 fully saturated rings. The van der Waals surface area contributed by atoms with Crippen molar-refractivity contribution < 1.29 is 0 Å². The van der Waals surface area contributed by atoms with Crippen molar-refractivity contribution in [3.63, 3.8) is 0 Å². The lowest BCUT2D eigenvalue weighted by atomic mass is 10.2. The number of aryl methyl sites for hydroxylation is 2. The number of halogens is 2. The average Bonchev–Trinajstić information content (AvgIpc) is 2.79. The van der Waals surface area contributed by atoms with Gasteiger partial charge >= 0.3 is 0 Å². The van der Waals surface area contributed by atoms with Crippen LogP contribution in [0.15, 0.2) is 34.8 Å². The molecule has 3 aromatic rings. The van der Waals surface area contributed by atoms with Crippen LogP contribution in [-0.2, 0) is 5.88 Å². The van der Waals surface area contributed by atoms with Gasteiger partial charge in [-0.05, 0) is 53.5 Å². The maximum Gasteiger partial charge on any atom is 0.164 e. The number of aromatic nitrogens is 3. The van der Waals surface area contributed by atoms with Crippen LogP contribution in [0.3, 0.4) is 0 Å². The van der Waals surface area contributed by atoms with Crippen molar-refractivity contribution in [3.05, 3.63) is 51.9 Å². The minimum Gasteiger partial charge on any atom is -0.279 e. The molecular formula is C15H13BrClN3. The third kappa shape index (κ3) is 2.13. The van der Waals surface area contributed by atoms with Gasteiger partial charge < -0.3 is 0 Å². The van der Waals surface area contributed by atoms with Gasteiger partial charge in [0.2, 0.25) is 0 Å². The maximum atomic E-state index is 6.06. The number of imidazole rings is 1. The summed E-state index contributed by atoms with van der Waals surface area (Å²) in [4.78, 5) is 9.18. The first-order valence-corrected chi connectivity index (χ1v) is 7.61. The number of hydrogen-bond donors (Lipinski definition) is 0. The normalized spacial score (nSPS) is 11.2. The molecule has 0 saturated heterocycles. The lowest BCUT2D eigenvalue weighted by Gasteiger charge is -2.11. The molecule has 0 saturated carbocycles. The fraction of sp³-hybridized carbons (Fsp3) is 0.200. The molecular weight excluding hydrogens is 338 g/mol. The van der Waals surface area contributed by atoms with Crippen molar-refractivity contribution in [1.29, 1.82) is 0 Å². The molecule has 1 aromatic carbocycles. The predicted molar refractivity (Wildman–Crippen MR) is 85.6 cm³/mol. The van der Waals surface area contributed by atoms with Gasteiger partial charge in [0.05, 0.1) is 11.6 Å². The fourth-order valence-corrected chi connectivity index (χ4v) is 2.87. The number of rotatable bonds is 2. The molecule has 0 radical (unpaired) electrons. The van der Waals surface area contributed by atoms with Crippen molar-refractivity contribution in [2.24, 2.45) is 0 Å². The van der Waals surface area contributed by atoms with Gasteiger partial charge in [0, 0.05) is 10.2 Å². The molecule has 0 bridgehead atoms. The Bertz CT molecular complexity index is 795. The van der Waals surface area contributed by atoms with Gasteiger partial charge in [-0.15, -0.1) is 11.6 Å². The number of benzene rings is 1. The van der Waals surface area contributed by atoms with Gasteiger partial charge in [0.1, 0.15) is 11.3 Å². The Kier molecular flexibility index (Phi) is 3.52. The second-order valence-corrected chi connectivity index (χ2v) is 5.76. The first-order valence-electron chi connectivity index (χ1n) is 6.28. The molecule has 3 nitrogen and oxygen atoms in total. The topological polar surface area (TPSA) is 30.7 Å². The number of pyridine rings is 1. The van der Waals surface area contributed by atoms with Gasteiger partial charge in [0.15, 0.2) is 5.65 Å². The first-order chi connectivity index (χ1) is 9.61. The quantitative estimate of drug-likeness (QED) is 0.635. The molecule has 0 spiro atoms. The van der Waals surface area contributed by atoms with E-state index < -0.39 is 0 Å². The van der Waals surface area contributed by atoms with Crippen molar-refractivity contribution in [3.8, 4) is 5.69 Å². The highest BCUT2D eigenvalue weighted by atomic mass is 79.9. The van der Waals surface area contributed by atoms with E-state index >= 15 is 0 Å². The predicted octanol–water partition coefficient (Wildman–Crippen LogP) is 4.54. The van der Waals surface area contributed by atoms with E-state index in [1.165, 1.54) is 0 Å². The average molecular weight is 351 g/mol. The second kappa shape index (κ2) is 5.19. The molecule has 20 heavy (non-hydrogen) atoms. The van der Waals surface area contributed by atoms with Crippen LogP contribution in [0.1, 0.15) is 17.1 Å². The maximum absolute atomic E-state index is 6.06. The van der Waals surface area contributed by atoms with E-state index in [-0.39, 0.29) is 0 Å². The van der Waals surface area contributed by atoms with Crippen LogP contribution in [0.25, 0.3) is 16.9 Å². The van der Waals surface area contributed by atoms with Crippen molar-refractivity contribution in [2.75, 3.05) is 0 Å². The second-order valence-electron chi connectivity index (χ2n) is 4.70. The van der Waals surface area contributed by atoms with E-state index in [4.69, 9.17) is 11.6 Å². The zero-order valence-electron chi connectivity index (χ0n) is 11.2. The molecule has 102 valence electrons. The molecule has 0 aliphatic heterocycles. The van der Waals surface area contributed by atoms with Crippen molar-refractivity contribution in [1.82, 2.24) is 14.5 Å². The lowest BCUT2D eigenvalue weighted by molar-refractivity contribution is 0.959. The first kappa shape index (κ1) is 13.6. The molecule has 5 heteroatoms. The summed E-state index contributed by atoms with van der Waals surface area (Å²) in [6, 6.07) is 10.1. The monoisotopic (exact) mass is 349 g/mol. The highest BCUT2D eigenvalue weighted by Crippen LogP contribution is 2.29. The van der Waals surface area contributed by atoms with E-state index in [2.05, 4.69) is 38.9 Å². The van der Waals surface area contributed by atoms with E-state index in [1.807, 2.05) is 35.8 Å². The standard InChI is InChI=1S/C15H13BrClN3/c1-9-4-3-5-12(14(9)16)20-13(8-17)19-11-7-6-10(2)18-15(11)20/h3-7H,8H2,1-2H3. The largest absolute Gasteiger partial charge is 0.279 e. The lowest BCUT2D eigenvalue weighted by Crippen LogP contribution is -2.02. The van der Waals surface area contributed by atoms with Crippen molar-refractivity contribution >= 4 is 38.7 Å². The Hall–Kier alpha value is -1.39. The van der Waals surface area contributed by atoms with Gasteiger partial charge in [-0.3, -0.25) is 4.57 Å². The molecule has 0 amide bonds. The Balaban J connectivity index is 2.39. The van der Waals surface area contributed by atoms with Crippen LogP contribution in [-0.4, -0.2) is 14.5 Å². The Morgan fingerprint density at radius 3 is 2.70 bits per heavy atom. The zero-order valence-corrected chi connectivity index (χ0v) is 13.5. The molecule has 3 rings (SSSR count). The molecule has 0 aliphatic rings. The summed E-state index contributed by atoms with van der Waals surface area (Å²) in [6.45, 7) is 4.04. The molecule has 0 atom stereocenters. The van der Waals surface area contributed by atoms with E-state index in [0.29, 0.717) is 5.88 Å². The molecule has 0 unspecified atom stereocenters. The molecule has 2 aromatic heterocycles. The van der Waals surface area contributed by atoms with Crippen LogP contribution >= 0.6 is 27.5 Å². The van der Waals surface area contributed by atoms with Crippen molar-refractivity contribution in [2.45, 2.75) is 19.7 Å². The van der Waals surface area contributed by atoms with Crippen LogP contribution in [0.2, 0.25) is 0 Å². The Labute approximate surface area is 130 Å². The summed E-state index contributed by atoms with van der Waals surface area (Å²) < 4.78 is 3.06. The summed E-state index contributed by atoms with van der Waals surface area (Å²) in [5, 5.41) is 0. The summed E-state index contributed by atoms with van der Waals surface area (Å²) in [5.41, 5.74) is 4.84. The SMILES string of the molecule is Cc1ccc2nc(CCl)n(-c3cccc(C)c3Br)c2n1. The number of hydrogen-bond acceptors (Lipinski definition) is 2. The van der Waals surface area contributed by atoms with E-state index in [0.717, 1.165) is 38.4 Å². The van der Waals surface area contributed by atoms with Crippen LogP contribution in [0.5, 0.6) is 0 Å². The third-order valence-electron chi connectivity index (χ3n) is 3.25. The fourth-order valence-electron chi connectivity index (χ4n) is 2.25. The highest BCUT2D eigenvalue weighted by molar-refractivity contribution is 9.10. The summed E-state index contributed by atoms with van der Waals surface area (Å²) in [7, 11) is 0. The Morgan fingerprint density at radius 1 is 1.15 bits per heavy atom.